The van der Waals surface area contributed by atoms with Crippen molar-refractivity contribution in [2.45, 2.75) is 44.2 Å². The minimum absolute atomic E-state index is 0. The molecule has 25 heavy (non-hydrogen) atoms. The van der Waals surface area contributed by atoms with E-state index in [2.05, 4.69) is 10.3 Å². The molecule has 0 saturated heterocycles. The topological polar surface area (TPSA) is 66.3 Å². The Hall–Kier alpha value is -1.22. The highest BCUT2D eigenvalue weighted by atomic mass is 127. The van der Waals surface area contributed by atoms with Gasteiger partial charge in [0, 0.05) is 27.2 Å². The Morgan fingerprint density at radius 1 is 1.24 bits per heavy atom. The monoisotopic (exact) mass is 461 g/mol. The molecule has 0 radical (unpaired) electrons. The van der Waals surface area contributed by atoms with Crippen LogP contribution in [0.15, 0.2) is 23.2 Å². The molecule has 0 spiro atoms. The Bertz CT molecular complexity index is 603. The highest BCUT2D eigenvalue weighted by molar-refractivity contribution is 14.0. The highest BCUT2D eigenvalue weighted by Gasteiger charge is 2.29. The largest absolute Gasteiger partial charge is 0.454 e. The van der Waals surface area contributed by atoms with Gasteiger partial charge in [0.05, 0.1) is 5.60 Å². The van der Waals surface area contributed by atoms with E-state index in [1.54, 1.807) is 7.05 Å². The molecule has 1 aliphatic heterocycles. The average Bonchev–Trinajstić information content (AvgIpc) is 3.03. The van der Waals surface area contributed by atoms with Crippen LogP contribution in [0.25, 0.3) is 0 Å². The normalized spacial score (nSPS) is 18.4. The summed E-state index contributed by atoms with van der Waals surface area (Å²) >= 11 is 0. The molecule has 7 heteroatoms. The molecule has 1 heterocycles. The van der Waals surface area contributed by atoms with E-state index in [4.69, 9.17) is 9.47 Å². The van der Waals surface area contributed by atoms with E-state index in [9.17, 15) is 5.11 Å². The van der Waals surface area contributed by atoms with Crippen LogP contribution in [0.2, 0.25) is 0 Å². The van der Waals surface area contributed by atoms with Gasteiger partial charge in [-0.2, -0.15) is 0 Å². The second-order valence-electron chi connectivity index (χ2n) is 6.73. The molecule has 3 rings (SSSR count). The van der Waals surface area contributed by atoms with Crippen LogP contribution >= 0.6 is 24.0 Å². The van der Waals surface area contributed by atoms with Crippen molar-refractivity contribution in [2.24, 2.45) is 4.99 Å². The minimum atomic E-state index is -0.603. The standard InChI is InChI=1S/C18H27N3O3.HI/c1-19-17(20-12-18(22)8-4-3-5-9-18)21(2)11-14-6-7-15-16(10-14)24-13-23-15;/h6-7,10,22H,3-5,8-9,11-13H2,1-2H3,(H,19,20);1H. The van der Waals surface area contributed by atoms with Gasteiger partial charge in [0.25, 0.3) is 0 Å². The van der Waals surface area contributed by atoms with Gasteiger partial charge in [0.2, 0.25) is 6.79 Å². The lowest BCUT2D eigenvalue weighted by Crippen LogP contribution is -2.48. The molecule has 0 atom stereocenters. The average molecular weight is 461 g/mol. The lowest BCUT2D eigenvalue weighted by Gasteiger charge is -2.33. The Morgan fingerprint density at radius 3 is 2.68 bits per heavy atom. The number of aliphatic imine (C=N–C) groups is 1. The number of fused-ring (bicyclic) bond motifs is 1. The van der Waals surface area contributed by atoms with Gasteiger partial charge >= 0.3 is 0 Å². The molecule has 1 fully saturated rings. The third kappa shape index (κ3) is 5.13. The predicted molar refractivity (Wildman–Crippen MR) is 109 cm³/mol. The van der Waals surface area contributed by atoms with Crippen molar-refractivity contribution in [2.75, 3.05) is 27.4 Å². The van der Waals surface area contributed by atoms with Crippen LogP contribution in [0.4, 0.5) is 0 Å². The zero-order chi connectivity index (χ0) is 17.0. The zero-order valence-corrected chi connectivity index (χ0v) is 17.3. The molecular weight excluding hydrogens is 433 g/mol. The first kappa shape index (κ1) is 20.1. The lowest BCUT2D eigenvalue weighted by atomic mass is 9.85. The van der Waals surface area contributed by atoms with Gasteiger partial charge in [-0.15, -0.1) is 24.0 Å². The second-order valence-corrected chi connectivity index (χ2v) is 6.73. The number of benzene rings is 1. The molecule has 1 aromatic carbocycles. The second kappa shape index (κ2) is 8.93. The van der Waals surface area contributed by atoms with Crippen molar-refractivity contribution < 1.29 is 14.6 Å². The maximum absolute atomic E-state index is 10.6. The third-order valence-electron chi connectivity index (χ3n) is 4.79. The van der Waals surface area contributed by atoms with E-state index >= 15 is 0 Å². The van der Waals surface area contributed by atoms with E-state index in [1.165, 1.54) is 6.42 Å². The van der Waals surface area contributed by atoms with Crippen molar-refractivity contribution in [1.29, 1.82) is 0 Å². The fraction of sp³-hybridized carbons (Fsp3) is 0.611. The smallest absolute Gasteiger partial charge is 0.231 e. The van der Waals surface area contributed by atoms with Crippen LogP contribution < -0.4 is 14.8 Å². The molecule has 2 aliphatic rings. The van der Waals surface area contributed by atoms with Gasteiger partial charge in [0.15, 0.2) is 17.5 Å². The zero-order valence-electron chi connectivity index (χ0n) is 15.0. The summed E-state index contributed by atoms with van der Waals surface area (Å²) in [6, 6.07) is 5.97. The number of ether oxygens (including phenoxy) is 2. The van der Waals surface area contributed by atoms with Gasteiger partial charge in [-0.25, -0.2) is 0 Å². The van der Waals surface area contributed by atoms with E-state index in [1.807, 2.05) is 30.1 Å². The van der Waals surface area contributed by atoms with E-state index in [0.717, 1.165) is 48.7 Å². The molecule has 2 N–H and O–H groups in total. The maximum atomic E-state index is 10.6. The molecule has 1 saturated carbocycles. The summed E-state index contributed by atoms with van der Waals surface area (Å²) in [4.78, 5) is 6.38. The number of hydrogen-bond acceptors (Lipinski definition) is 4. The summed E-state index contributed by atoms with van der Waals surface area (Å²) in [6.07, 6.45) is 5.15. The number of rotatable bonds is 4. The van der Waals surface area contributed by atoms with E-state index < -0.39 is 5.60 Å². The summed E-state index contributed by atoms with van der Waals surface area (Å²) in [5.74, 6) is 2.37. The molecular formula is C18H28IN3O3. The Morgan fingerprint density at radius 2 is 1.96 bits per heavy atom. The summed E-state index contributed by atoms with van der Waals surface area (Å²) in [6.45, 7) is 1.54. The third-order valence-corrected chi connectivity index (χ3v) is 4.79. The van der Waals surface area contributed by atoms with Crippen molar-refractivity contribution in [3.05, 3.63) is 23.8 Å². The summed E-state index contributed by atoms with van der Waals surface area (Å²) in [5, 5.41) is 13.9. The number of hydrogen-bond donors (Lipinski definition) is 2. The fourth-order valence-corrected chi connectivity index (χ4v) is 3.40. The molecule has 1 aliphatic carbocycles. The van der Waals surface area contributed by atoms with Gasteiger partial charge < -0.3 is 24.8 Å². The molecule has 140 valence electrons. The fourth-order valence-electron chi connectivity index (χ4n) is 3.40. The van der Waals surface area contributed by atoms with E-state index in [-0.39, 0.29) is 30.8 Å². The van der Waals surface area contributed by atoms with E-state index in [0.29, 0.717) is 13.1 Å². The molecule has 0 unspecified atom stereocenters. The number of aliphatic hydroxyl groups is 1. The first-order valence-corrected chi connectivity index (χ1v) is 8.62. The number of halogens is 1. The van der Waals surface area contributed by atoms with Gasteiger partial charge in [-0.1, -0.05) is 25.3 Å². The first-order chi connectivity index (χ1) is 11.6. The Labute approximate surface area is 166 Å². The van der Waals surface area contributed by atoms with Gasteiger partial charge in [0.1, 0.15) is 0 Å². The van der Waals surface area contributed by atoms with Crippen LogP contribution in [-0.4, -0.2) is 49.0 Å². The van der Waals surface area contributed by atoms with Crippen molar-refractivity contribution in [3.8, 4) is 11.5 Å². The van der Waals surface area contributed by atoms with Crippen molar-refractivity contribution in [1.82, 2.24) is 10.2 Å². The number of nitrogens with one attached hydrogen (secondary N) is 1. The summed E-state index contributed by atoms with van der Waals surface area (Å²) in [5.41, 5.74) is 0.523. The SMILES string of the molecule is CN=C(NCC1(O)CCCCC1)N(C)Cc1ccc2c(c1)OCO2.I. The maximum Gasteiger partial charge on any atom is 0.231 e. The predicted octanol–water partition coefficient (Wildman–Crippen LogP) is 2.74. The molecule has 0 aromatic heterocycles. The quantitative estimate of drug-likeness (QED) is 0.410. The van der Waals surface area contributed by atoms with Crippen molar-refractivity contribution in [3.63, 3.8) is 0 Å². The number of nitrogens with zero attached hydrogens (tertiary/aromatic N) is 2. The summed E-state index contributed by atoms with van der Waals surface area (Å²) in [7, 11) is 3.76. The molecule has 0 bridgehead atoms. The first-order valence-electron chi connectivity index (χ1n) is 8.62. The van der Waals surface area contributed by atoms with Gasteiger partial charge in [-0.05, 0) is 30.5 Å². The van der Waals surface area contributed by atoms with Crippen LogP contribution in [0, 0.1) is 0 Å². The van der Waals surface area contributed by atoms with Gasteiger partial charge in [-0.3, -0.25) is 4.99 Å². The van der Waals surface area contributed by atoms with Crippen molar-refractivity contribution >= 4 is 29.9 Å². The number of guanidine groups is 1. The van der Waals surface area contributed by atoms with Crippen LogP contribution in [0.1, 0.15) is 37.7 Å². The highest BCUT2D eigenvalue weighted by Crippen LogP contribution is 2.32. The lowest BCUT2D eigenvalue weighted by molar-refractivity contribution is 0.00819. The Balaban J connectivity index is 0.00000225. The minimum Gasteiger partial charge on any atom is -0.454 e. The van der Waals surface area contributed by atoms with Crippen LogP contribution in [0.3, 0.4) is 0 Å². The Kier molecular flexibility index (Phi) is 7.18. The molecule has 6 nitrogen and oxygen atoms in total. The summed E-state index contributed by atoms with van der Waals surface area (Å²) < 4.78 is 10.8. The molecule has 1 aromatic rings. The van der Waals surface area contributed by atoms with Crippen LogP contribution in [-0.2, 0) is 6.54 Å². The molecule has 0 amide bonds. The van der Waals surface area contributed by atoms with Crippen LogP contribution in [0.5, 0.6) is 11.5 Å².